The SMILES string of the molecule is CCCNC(=O)[C@H](C)OC(=O)/C(C#N)=C/c1ccc(C(C)C)cc1. The zero-order chi connectivity index (χ0) is 18.1. The summed E-state index contributed by atoms with van der Waals surface area (Å²) < 4.78 is 5.05. The number of amides is 1. The van der Waals surface area contributed by atoms with Crippen molar-refractivity contribution < 1.29 is 14.3 Å². The number of hydrogen-bond acceptors (Lipinski definition) is 4. The maximum Gasteiger partial charge on any atom is 0.349 e. The zero-order valence-corrected chi connectivity index (χ0v) is 14.6. The van der Waals surface area contributed by atoms with Crippen molar-refractivity contribution in [2.24, 2.45) is 0 Å². The van der Waals surface area contributed by atoms with Crippen LogP contribution in [0.5, 0.6) is 0 Å². The predicted molar refractivity (Wildman–Crippen MR) is 93.0 cm³/mol. The Morgan fingerprint density at radius 1 is 1.25 bits per heavy atom. The van der Waals surface area contributed by atoms with E-state index in [0.29, 0.717) is 12.5 Å². The fraction of sp³-hybridized carbons (Fsp3) is 0.421. The molecule has 0 bridgehead atoms. The van der Waals surface area contributed by atoms with Crippen LogP contribution in [-0.4, -0.2) is 24.5 Å². The first-order chi connectivity index (χ1) is 11.4. The van der Waals surface area contributed by atoms with Gasteiger partial charge >= 0.3 is 5.97 Å². The van der Waals surface area contributed by atoms with E-state index in [1.807, 2.05) is 37.3 Å². The molecule has 1 aromatic carbocycles. The lowest BCUT2D eigenvalue weighted by atomic mass is 10.0. The van der Waals surface area contributed by atoms with Crippen LogP contribution in [0.2, 0.25) is 0 Å². The number of nitriles is 1. The largest absolute Gasteiger partial charge is 0.448 e. The fourth-order valence-electron chi connectivity index (χ4n) is 1.95. The fourth-order valence-corrected chi connectivity index (χ4v) is 1.95. The summed E-state index contributed by atoms with van der Waals surface area (Å²) in [5.41, 5.74) is 1.77. The lowest BCUT2D eigenvalue weighted by molar-refractivity contribution is -0.150. The van der Waals surface area contributed by atoms with Crippen LogP contribution in [0, 0.1) is 11.3 Å². The summed E-state index contributed by atoms with van der Waals surface area (Å²) in [4.78, 5) is 23.8. The molecule has 0 saturated heterocycles. The van der Waals surface area contributed by atoms with E-state index < -0.39 is 12.1 Å². The Bertz CT molecular complexity index is 640. The number of esters is 1. The van der Waals surface area contributed by atoms with E-state index in [-0.39, 0.29) is 11.5 Å². The van der Waals surface area contributed by atoms with Gasteiger partial charge in [0.25, 0.3) is 5.91 Å². The van der Waals surface area contributed by atoms with Crippen LogP contribution in [0.25, 0.3) is 6.08 Å². The first kappa shape index (κ1) is 19.4. The minimum atomic E-state index is -0.941. The lowest BCUT2D eigenvalue weighted by Gasteiger charge is -2.12. The Balaban J connectivity index is 2.79. The second-order valence-electron chi connectivity index (χ2n) is 5.83. The zero-order valence-electron chi connectivity index (χ0n) is 14.6. The number of benzene rings is 1. The van der Waals surface area contributed by atoms with Gasteiger partial charge in [-0.05, 0) is 36.5 Å². The first-order valence-corrected chi connectivity index (χ1v) is 8.09. The van der Waals surface area contributed by atoms with Gasteiger partial charge in [0.15, 0.2) is 6.10 Å². The quantitative estimate of drug-likeness (QED) is 0.474. The van der Waals surface area contributed by atoms with E-state index in [2.05, 4.69) is 19.2 Å². The van der Waals surface area contributed by atoms with Gasteiger partial charge in [0, 0.05) is 6.54 Å². The van der Waals surface area contributed by atoms with Gasteiger partial charge in [-0.3, -0.25) is 4.79 Å². The number of carbonyl (C=O) groups excluding carboxylic acids is 2. The van der Waals surface area contributed by atoms with Crippen LogP contribution in [0.1, 0.15) is 51.2 Å². The summed E-state index contributed by atoms with van der Waals surface area (Å²) in [6.07, 6.45) is 1.31. The summed E-state index contributed by atoms with van der Waals surface area (Å²) in [5, 5.41) is 11.8. The molecule has 5 heteroatoms. The van der Waals surface area contributed by atoms with Crippen molar-refractivity contribution in [3.8, 4) is 6.07 Å². The van der Waals surface area contributed by atoms with Gasteiger partial charge in [-0.15, -0.1) is 0 Å². The van der Waals surface area contributed by atoms with E-state index in [9.17, 15) is 14.9 Å². The van der Waals surface area contributed by atoms with Gasteiger partial charge in [-0.25, -0.2) is 4.79 Å². The lowest BCUT2D eigenvalue weighted by Crippen LogP contribution is -2.36. The predicted octanol–water partition coefficient (Wildman–Crippen LogP) is 3.17. The van der Waals surface area contributed by atoms with Crippen molar-refractivity contribution in [3.63, 3.8) is 0 Å². The third-order valence-corrected chi connectivity index (χ3v) is 3.46. The molecule has 0 spiro atoms. The molecule has 128 valence electrons. The number of hydrogen-bond donors (Lipinski definition) is 1. The van der Waals surface area contributed by atoms with Crippen LogP contribution >= 0.6 is 0 Å². The molecule has 1 N–H and O–H groups in total. The number of nitrogens with one attached hydrogen (secondary N) is 1. The smallest absolute Gasteiger partial charge is 0.349 e. The van der Waals surface area contributed by atoms with Crippen LogP contribution in [0.15, 0.2) is 29.8 Å². The number of rotatable bonds is 7. The van der Waals surface area contributed by atoms with E-state index in [4.69, 9.17) is 4.74 Å². The van der Waals surface area contributed by atoms with Crippen molar-refractivity contribution in [3.05, 3.63) is 41.0 Å². The Labute approximate surface area is 143 Å². The van der Waals surface area contributed by atoms with E-state index in [1.165, 1.54) is 18.6 Å². The molecule has 5 nitrogen and oxygen atoms in total. The highest BCUT2D eigenvalue weighted by atomic mass is 16.5. The molecule has 0 unspecified atom stereocenters. The van der Waals surface area contributed by atoms with Gasteiger partial charge in [0.05, 0.1) is 0 Å². The number of nitrogens with zero attached hydrogens (tertiary/aromatic N) is 1. The molecule has 0 aliphatic heterocycles. The molecule has 0 aliphatic carbocycles. The molecule has 0 saturated carbocycles. The van der Waals surface area contributed by atoms with Crippen molar-refractivity contribution >= 4 is 18.0 Å². The van der Waals surface area contributed by atoms with Gasteiger partial charge < -0.3 is 10.1 Å². The Hall–Kier alpha value is -2.61. The second kappa shape index (κ2) is 9.51. The Morgan fingerprint density at radius 2 is 1.88 bits per heavy atom. The maximum absolute atomic E-state index is 12.0. The molecule has 1 atom stereocenters. The standard InChI is InChI=1S/C19H24N2O3/c1-5-10-21-18(22)14(4)24-19(23)17(12-20)11-15-6-8-16(9-7-15)13(2)3/h6-9,11,13-14H,5,10H2,1-4H3,(H,21,22)/b17-11+/t14-/m0/s1. The summed E-state index contributed by atoms with van der Waals surface area (Å²) in [7, 11) is 0. The Morgan fingerprint density at radius 3 is 2.38 bits per heavy atom. The summed E-state index contributed by atoms with van der Waals surface area (Å²) in [6, 6.07) is 9.43. The summed E-state index contributed by atoms with van der Waals surface area (Å²) in [5.74, 6) is -0.765. The van der Waals surface area contributed by atoms with Crippen LogP contribution in [0.4, 0.5) is 0 Å². The molecule has 1 rings (SSSR count). The molecule has 24 heavy (non-hydrogen) atoms. The van der Waals surface area contributed by atoms with E-state index in [0.717, 1.165) is 12.0 Å². The molecule has 1 amide bonds. The van der Waals surface area contributed by atoms with Crippen LogP contribution < -0.4 is 5.32 Å². The van der Waals surface area contributed by atoms with Crippen molar-refractivity contribution in [2.75, 3.05) is 6.54 Å². The van der Waals surface area contributed by atoms with Gasteiger partial charge in [0.1, 0.15) is 11.6 Å². The molecular formula is C19H24N2O3. The van der Waals surface area contributed by atoms with Gasteiger partial charge in [0.2, 0.25) is 0 Å². The molecule has 1 aromatic rings. The maximum atomic E-state index is 12.0. The molecular weight excluding hydrogens is 304 g/mol. The van der Waals surface area contributed by atoms with Crippen molar-refractivity contribution in [1.82, 2.24) is 5.32 Å². The van der Waals surface area contributed by atoms with Gasteiger partial charge in [-0.1, -0.05) is 45.0 Å². The Kier molecular flexibility index (Phi) is 7.70. The first-order valence-electron chi connectivity index (χ1n) is 8.09. The van der Waals surface area contributed by atoms with E-state index in [1.54, 1.807) is 0 Å². The average Bonchev–Trinajstić information content (AvgIpc) is 2.57. The summed E-state index contributed by atoms with van der Waals surface area (Å²) in [6.45, 7) is 8.11. The average molecular weight is 328 g/mol. The van der Waals surface area contributed by atoms with E-state index >= 15 is 0 Å². The molecule has 0 aromatic heterocycles. The van der Waals surface area contributed by atoms with Crippen LogP contribution in [-0.2, 0) is 14.3 Å². The molecule has 0 heterocycles. The minimum absolute atomic E-state index is 0.137. The highest BCUT2D eigenvalue weighted by Crippen LogP contribution is 2.16. The second-order valence-corrected chi connectivity index (χ2v) is 5.83. The third kappa shape index (κ3) is 5.88. The van der Waals surface area contributed by atoms with Crippen LogP contribution in [0.3, 0.4) is 0 Å². The molecule has 0 aliphatic rings. The molecule has 0 radical (unpaired) electrons. The highest BCUT2D eigenvalue weighted by molar-refractivity contribution is 5.99. The summed E-state index contributed by atoms with van der Waals surface area (Å²) >= 11 is 0. The molecule has 0 fully saturated rings. The topological polar surface area (TPSA) is 79.2 Å². The van der Waals surface area contributed by atoms with Crippen molar-refractivity contribution in [2.45, 2.75) is 46.1 Å². The number of ether oxygens (including phenoxy) is 1. The normalized spacial score (nSPS) is 12.4. The number of carbonyl (C=O) groups is 2. The monoisotopic (exact) mass is 328 g/mol. The highest BCUT2D eigenvalue weighted by Gasteiger charge is 2.20. The third-order valence-electron chi connectivity index (χ3n) is 3.46. The minimum Gasteiger partial charge on any atom is -0.448 e. The van der Waals surface area contributed by atoms with Gasteiger partial charge in [-0.2, -0.15) is 5.26 Å². The van der Waals surface area contributed by atoms with Crippen molar-refractivity contribution in [1.29, 1.82) is 5.26 Å².